The lowest BCUT2D eigenvalue weighted by Crippen LogP contribution is -2.42. The molecule has 2 atom stereocenters. The number of hydrogen-bond donors (Lipinski definition) is 1. The van der Waals surface area contributed by atoms with Crippen LogP contribution in [0.15, 0.2) is 0 Å². The predicted octanol–water partition coefficient (Wildman–Crippen LogP) is 2.27. The monoisotopic (exact) mass is 251 g/mol. The fraction of sp³-hybridized carbons (Fsp3) is 0.714. The lowest BCUT2D eigenvalue weighted by Gasteiger charge is -2.29. The van der Waals surface area contributed by atoms with Crippen molar-refractivity contribution < 1.29 is 14.3 Å². The van der Waals surface area contributed by atoms with Gasteiger partial charge in [-0.1, -0.05) is 6.42 Å². The van der Waals surface area contributed by atoms with E-state index in [-0.39, 0.29) is 17.7 Å². The molecule has 1 aliphatic carbocycles. The largest absolute Gasteiger partial charge is 0.444 e. The molecule has 1 amide bonds. The van der Waals surface area contributed by atoms with Gasteiger partial charge in [0, 0.05) is 12.0 Å². The molecule has 1 fully saturated rings. The molecule has 0 spiro atoms. The molecule has 0 unspecified atom stereocenters. The van der Waals surface area contributed by atoms with Crippen molar-refractivity contribution >= 4 is 11.9 Å². The average molecular weight is 251 g/mol. The van der Waals surface area contributed by atoms with Crippen molar-refractivity contribution in [1.82, 2.24) is 5.32 Å². The van der Waals surface area contributed by atoms with Gasteiger partial charge < -0.3 is 10.1 Å². The molecule has 1 rings (SSSR count). The molecule has 0 saturated heterocycles. The molecular weight excluding hydrogens is 230 g/mol. The van der Waals surface area contributed by atoms with Crippen LogP contribution < -0.4 is 5.32 Å². The molecule has 0 aliphatic heterocycles. The quantitative estimate of drug-likeness (QED) is 0.605. The summed E-state index contributed by atoms with van der Waals surface area (Å²) in [5, 5.41) is 2.80. The van der Waals surface area contributed by atoms with E-state index in [1.54, 1.807) is 0 Å². The zero-order valence-corrected chi connectivity index (χ0v) is 11.3. The van der Waals surface area contributed by atoms with Gasteiger partial charge in [0.1, 0.15) is 5.60 Å². The van der Waals surface area contributed by atoms with Gasteiger partial charge >= 0.3 is 6.09 Å². The summed E-state index contributed by atoms with van der Waals surface area (Å²) >= 11 is 0. The van der Waals surface area contributed by atoms with Gasteiger partial charge in [-0.05, 0) is 46.0 Å². The number of rotatable bonds is 2. The van der Waals surface area contributed by atoms with Crippen LogP contribution in [0.25, 0.3) is 0 Å². The molecule has 0 radical (unpaired) electrons. The van der Waals surface area contributed by atoms with Crippen LogP contribution in [0.4, 0.5) is 4.79 Å². The van der Waals surface area contributed by atoms with Crippen LogP contribution in [0.2, 0.25) is 0 Å². The number of Topliss-reactive ketones (excluding diaryl/α,β-unsaturated/α-hetero) is 1. The number of amides is 1. The molecule has 100 valence electrons. The number of carbonyl (C=O) groups excluding carboxylic acids is 2. The summed E-state index contributed by atoms with van der Waals surface area (Å²) in [6.07, 6.45) is 7.89. The van der Waals surface area contributed by atoms with E-state index in [4.69, 9.17) is 11.2 Å². The molecule has 18 heavy (non-hydrogen) atoms. The normalized spacial score (nSPS) is 23.9. The van der Waals surface area contributed by atoms with Gasteiger partial charge in [0.2, 0.25) is 5.78 Å². The van der Waals surface area contributed by atoms with Crippen LogP contribution in [0.3, 0.4) is 0 Å². The minimum Gasteiger partial charge on any atom is -0.444 e. The Bertz CT molecular complexity index is 362. The Kier molecular flexibility index (Phi) is 4.77. The summed E-state index contributed by atoms with van der Waals surface area (Å²) < 4.78 is 5.19. The smallest absolute Gasteiger partial charge is 0.407 e. The number of terminal acetylenes is 1. The van der Waals surface area contributed by atoms with Crippen LogP contribution in [0.5, 0.6) is 0 Å². The maximum Gasteiger partial charge on any atom is 0.407 e. The first-order chi connectivity index (χ1) is 8.31. The number of ether oxygens (including phenoxy) is 1. The van der Waals surface area contributed by atoms with Gasteiger partial charge in [0.15, 0.2) is 0 Å². The van der Waals surface area contributed by atoms with Crippen LogP contribution in [0, 0.1) is 18.3 Å². The SMILES string of the molecule is C#CC(=O)[C@H]1CCC[C@@H](NC(=O)OC(C)(C)C)C1. The molecule has 0 aromatic heterocycles. The van der Waals surface area contributed by atoms with E-state index in [1.165, 1.54) is 0 Å². The zero-order chi connectivity index (χ0) is 13.8. The highest BCUT2D eigenvalue weighted by Crippen LogP contribution is 2.25. The molecule has 1 saturated carbocycles. The van der Waals surface area contributed by atoms with Gasteiger partial charge in [-0.15, -0.1) is 6.42 Å². The third-order valence-corrected chi connectivity index (χ3v) is 2.91. The van der Waals surface area contributed by atoms with Gasteiger partial charge in [-0.3, -0.25) is 4.79 Å². The number of hydrogen-bond acceptors (Lipinski definition) is 3. The van der Waals surface area contributed by atoms with Crippen LogP contribution >= 0.6 is 0 Å². The third-order valence-electron chi connectivity index (χ3n) is 2.91. The minimum atomic E-state index is -0.507. The van der Waals surface area contributed by atoms with Crippen molar-refractivity contribution in [3.05, 3.63) is 0 Å². The van der Waals surface area contributed by atoms with Crippen LogP contribution in [-0.2, 0) is 9.53 Å². The van der Waals surface area contributed by atoms with Crippen molar-refractivity contribution in [3.8, 4) is 12.3 Å². The average Bonchev–Trinajstić information content (AvgIpc) is 2.25. The van der Waals surface area contributed by atoms with E-state index in [1.807, 2.05) is 20.8 Å². The fourth-order valence-corrected chi connectivity index (χ4v) is 2.15. The van der Waals surface area contributed by atoms with E-state index in [9.17, 15) is 9.59 Å². The molecule has 0 bridgehead atoms. The Hall–Kier alpha value is -1.50. The standard InChI is InChI=1S/C14H21NO3/c1-5-12(16)10-7-6-8-11(9-10)15-13(17)18-14(2,3)4/h1,10-11H,6-9H2,2-4H3,(H,15,17)/t10-,11+/m0/s1. The Morgan fingerprint density at radius 1 is 1.33 bits per heavy atom. The lowest BCUT2D eigenvalue weighted by atomic mass is 9.83. The van der Waals surface area contributed by atoms with E-state index in [2.05, 4.69) is 11.2 Å². The lowest BCUT2D eigenvalue weighted by molar-refractivity contribution is -0.118. The number of ketones is 1. The van der Waals surface area contributed by atoms with Crippen molar-refractivity contribution in [1.29, 1.82) is 0 Å². The maximum absolute atomic E-state index is 11.6. The molecule has 1 N–H and O–H groups in total. The topological polar surface area (TPSA) is 55.4 Å². The Labute approximate surface area is 108 Å². The highest BCUT2D eigenvalue weighted by molar-refractivity contribution is 5.96. The molecule has 4 nitrogen and oxygen atoms in total. The van der Waals surface area contributed by atoms with Crippen molar-refractivity contribution in [2.24, 2.45) is 5.92 Å². The highest BCUT2D eigenvalue weighted by atomic mass is 16.6. The number of nitrogens with one attached hydrogen (secondary N) is 1. The Balaban J connectivity index is 2.46. The molecule has 0 aromatic rings. The zero-order valence-electron chi connectivity index (χ0n) is 11.3. The summed E-state index contributed by atoms with van der Waals surface area (Å²) in [5.41, 5.74) is -0.507. The molecule has 1 aliphatic rings. The predicted molar refractivity (Wildman–Crippen MR) is 69.0 cm³/mol. The van der Waals surface area contributed by atoms with E-state index in [0.29, 0.717) is 6.42 Å². The fourth-order valence-electron chi connectivity index (χ4n) is 2.15. The first kappa shape index (κ1) is 14.6. The maximum atomic E-state index is 11.6. The Morgan fingerprint density at radius 2 is 2.00 bits per heavy atom. The summed E-state index contributed by atoms with van der Waals surface area (Å²) in [7, 11) is 0. The summed E-state index contributed by atoms with van der Waals surface area (Å²) in [4.78, 5) is 23.1. The van der Waals surface area contributed by atoms with Gasteiger partial charge in [-0.25, -0.2) is 4.79 Å². The second-order valence-electron chi connectivity index (χ2n) is 5.72. The van der Waals surface area contributed by atoms with Crippen molar-refractivity contribution in [3.63, 3.8) is 0 Å². The second kappa shape index (κ2) is 5.90. The van der Waals surface area contributed by atoms with E-state index < -0.39 is 11.7 Å². The Morgan fingerprint density at radius 3 is 2.56 bits per heavy atom. The third kappa shape index (κ3) is 4.79. The van der Waals surface area contributed by atoms with Crippen LogP contribution in [-0.4, -0.2) is 23.5 Å². The first-order valence-electron chi connectivity index (χ1n) is 6.32. The van der Waals surface area contributed by atoms with Gasteiger partial charge in [0.25, 0.3) is 0 Å². The summed E-state index contributed by atoms with van der Waals surface area (Å²) in [5.74, 6) is 1.88. The summed E-state index contributed by atoms with van der Waals surface area (Å²) in [6, 6.07) is -0.0177. The molecule has 4 heteroatoms. The van der Waals surface area contributed by atoms with E-state index >= 15 is 0 Å². The minimum absolute atomic E-state index is 0.0177. The summed E-state index contributed by atoms with van der Waals surface area (Å²) in [6.45, 7) is 5.45. The number of carbonyl (C=O) groups is 2. The van der Waals surface area contributed by atoms with Gasteiger partial charge in [0.05, 0.1) is 0 Å². The van der Waals surface area contributed by atoms with E-state index in [0.717, 1.165) is 19.3 Å². The molecular formula is C14H21NO3. The van der Waals surface area contributed by atoms with Crippen molar-refractivity contribution in [2.45, 2.75) is 58.1 Å². The second-order valence-corrected chi connectivity index (χ2v) is 5.72. The number of alkyl carbamates (subject to hydrolysis) is 1. The first-order valence-corrected chi connectivity index (χ1v) is 6.32. The highest BCUT2D eigenvalue weighted by Gasteiger charge is 2.28. The van der Waals surface area contributed by atoms with Crippen LogP contribution in [0.1, 0.15) is 46.5 Å². The molecule has 0 heterocycles. The van der Waals surface area contributed by atoms with Crippen molar-refractivity contribution in [2.75, 3.05) is 0 Å². The van der Waals surface area contributed by atoms with Gasteiger partial charge in [-0.2, -0.15) is 0 Å². The molecule has 0 aromatic carbocycles.